The van der Waals surface area contributed by atoms with Gasteiger partial charge in [-0.25, -0.2) is 4.98 Å². The quantitative estimate of drug-likeness (QED) is 0.119. The monoisotopic (exact) mass is 536 g/mol. The molecule has 0 unspecified atom stereocenters. The Bertz CT molecular complexity index is 1620. The van der Waals surface area contributed by atoms with Gasteiger partial charge in [0.25, 0.3) is 11.6 Å². The lowest BCUT2D eigenvalue weighted by atomic mass is 9.98. The molecule has 4 aromatic rings. The second kappa shape index (κ2) is 11.2. The van der Waals surface area contributed by atoms with Gasteiger partial charge in [0.1, 0.15) is 0 Å². The van der Waals surface area contributed by atoms with E-state index in [1.54, 1.807) is 12.4 Å². The van der Waals surface area contributed by atoms with Crippen molar-refractivity contribution in [1.29, 1.82) is 0 Å². The Labute approximate surface area is 230 Å². The fourth-order valence-electron chi connectivity index (χ4n) is 4.62. The normalized spacial score (nSPS) is 13.4. The van der Waals surface area contributed by atoms with E-state index >= 15 is 0 Å². The first-order chi connectivity index (χ1) is 19.3. The summed E-state index contributed by atoms with van der Waals surface area (Å²) in [6.07, 6.45) is 5.25. The molecule has 3 aromatic carbocycles. The van der Waals surface area contributed by atoms with Crippen LogP contribution < -0.4 is 16.0 Å². The van der Waals surface area contributed by atoms with Gasteiger partial charge < -0.3 is 20.5 Å². The molecule has 0 saturated carbocycles. The lowest BCUT2D eigenvalue weighted by molar-refractivity contribution is -0.384. The Hall–Kier alpha value is -5.25. The number of nitro groups is 1. The number of aromatic nitrogens is 2. The molecular formula is C30H28N6O4. The Morgan fingerprint density at radius 2 is 1.82 bits per heavy atom. The molecule has 0 radical (unpaired) electrons. The number of nitrogens with zero attached hydrogens (tertiary/aromatic N) is 3. The van der Waals surface area contributed by atoms with Crippen molar-refractivity contribution in [1.82, 2.24) is 14.9 Å². The predicted molar refractivity (Wildman–Crippen MR) is 154 cm³/mol. The minimum atomic E-state index is -0.472. The highest BCUT2D eigenvalue weighted by atomic mass is 16.6. The predicted octanol–water partition coefficient (Wildman–Crippen LogP) is 5.00. The summed E-state index contributed by atoms with van der Waals surface area (Å²) in [6, 6.07) is 19.9. The van der Waals surface area contributed by atoms with Crippen LogP contribution in [0.2, 0.25) is 0 Å². The summed E-state index contributed by atoms with van der Waals surface area (Å²) in [6.45, 7) is 2.09. The minimum Gasteiger partial charge on any atom is -0.356 e. The summed E-state index contributed by atoms with van der Waals surface area (Å²) < 4.78 is 1.88. The van der Waals surface area contributed by atoms with Crippen molar-refractivity contribution < 1.29 is 14.5 Å². The maximum atomic E-state index is 13.2. The molecular weight excluding hydrogens is 508 g/mol. The highest BCUT2D eigenvalue weighted by Gasteiger charge is 2.30. The fraction of sp³-hybridized carbons (Fsp3) is 0.167. The molecule has 1 aliphatic heterocycles. The molecule has 0 fully saturated rings. The summed E-state index contributed by atoms with van der Waals surface area (Å²) in [5, 5.41) is 20.5. The van der Waals surface area contributed by atoms with Crippen LogP contribution >= 0.6 is 0 Å². The number of imidazole rings is 1. The van der Waals surface area contributed by atoms with Gasteiger partial charge in [0, 0.05) is 61.3 Å². The zero-order chi connectivity index (χ0) is 28.2. The Morgan fingerprint density at radius 3 is 2.48 bits per heavy atom. The van der Waals surface area contributed by atoms with Gasteiger partial charge in [0.15, 0.2) is 0 Å². The Morgan fingerprint density at radius 1 is 1.07 bits per heavy atom. The van der Waals surface area contributed by atoms with Gasteiger partial charge in [-0.2, -0.15) is 0 Å². The SMILES string of the molecule is CC(=O)NCCCc1ccc(/C(Nc2ccc(-c3cn(C)cn3)cc2)=C2/C(=O)Nc3ccc([N+](=O)[O-])cc32)cc1. The van der Waals surface area contributed by atoms with Crippen LogP contribution in [-0.2, 0) is 23.1 Å². The van der Waals surface area contributed by atoms with Gasteiger partial charge in [-0.05, 0) is 42.2 Å². The third-order valence-electron chi connectivity index (χ3n) is 6.62. The first kappa shape index (κ1) is 26.4. The number of benzene rings is 3. The van der Waals surface area contributed by atoms with E-state index in [1.807, 2.05) is 66.3 Å². The van der Waals surface area contributed by atoms with Crippen LogP contribution in [0.5, 0.6) is 0 Å². The number of nitro benzene ring substituents is 1. The number of nitrogens with one attached hydrogen (secondary N) is 3. The molecule has 40 heavy (non-hydrogen) atoms. The van der Waals surface area contributed by atoms with Crippen LogP contribution in [-0.4, -0.2) is 32.8 Å². The number of carbonyl (C=O) groups excluding carboxylic acids is 2. The number of fused-ring (bicyclic) bond motifs is 1. The number of rotatable bonds is 9. The summed E-state index contributed by atoms with van der Waals surface area (Å²) in [4.78, 5) is 39.8. The number of carbonyl (C=O) groups is 2. The van der Waals surface area contributed by atoms with Crippen LogP contribution in [0.3, 0.4) is 0 Å². The van der Waals surface area contributed by atoms with E-state index in [2.05, 4.69) is 20.9 Å². The number of amides is 2. The molecule has 2 amide bonds. The molecule has 1 aliphatic rings. The van der Waals surface area contributed by atoms with Crippen molar-refractivity contribution in [3.63, 3.8) is 0 Å². The molecule has 5 rings (SSSR count). The summed E-state index contributed by atoms with van der Waals surface area (Å²) in [7, 11) is 1.91. The van der Waals surface area contributed by atoms with E-state index in [0.717, 1.165) is 40.9 Å². The smallest absolute Gasteiger partial charge is 0.270 e. The van der Waals surface area contributed by atoms with Gasteiger partial charge >= 0.3 is 0 Å². The molecule has 202 valence electrons. The van der Waals surface area contributed by atoms with Crippen LogP contribution in [0, 0.1) is 10.1 Å². The first-order valence-corrected chi connectivity index (χ1v) is 12.8. The number of hydrogen-bond acceptors (Lipinski definition) is 6. The molecule has 2 heterocycles. The molecule has 10 heteroatoms. The minimum absolute atomic E-state index is 0.0545. The van der Waals surface area contributed by atoms with Gasteiger partial charge in [-0.1, -0.05) is 36.4 Å². The van der Waals surface area contributed by atoms with E-state index in [0.29, 0.717) is 29.1 Å². The van der Waals surface area contributed by atoms with Gasteiger partial charge in [0.2, 0.25) is 5.91 Å². The van der Waals surface area contributed by atoms with Crippen LogP contribution in [0.25, 0.3) is 22.5 Å². The topological polar surface area (TPSA) is 131 Å². The zero-order valence-corrected chi connectivity index (χ0v) is 22.1. The average Bonchev–Trinajstić information content (AvgIpc) is 3.52. The van der Waals surface area contributed by atoms with Crippen LogP contribution in [0.15, 0.2) is 79.3 Å². The summed E-state index contributed by atoms with van der Waals surface area (Å²) in [5.74, 6) is -0.399. The number of anilines is 2. The number of aryl methyl sites for hydroxylation is 2. The second-order valence-electron chi connectivity index (χ2n) is 9.60. The van der Waals surface area contributed by atoms with Crippen molar-refractivity contribution in [2.75, 3.05) is 17.2 Å². The molecule has 0 saturated heterocycles. The highest BCUT2D eigenvalue weighted by Crippen LogP contribution is 2.39. The largest absolute Gasteiger partial charge is 0.356 e. The maximum Gasteiger partial charge on any atom is 0.270 e. The van der Waals surface area contributed by atoms with Crippen molar-refractivity contribution in [3.8, 4) is 11.3 Å². The van der Waals surface area contributed by atoms with Gasteiger partial charge in [-0.3, -0.25) is 19.7 Å². The number of hydrogen-bond donors (Lipinski definition) is 3. The zero-order valence-electron chi connectivity index (χ0n) is 22.1. The molecule has 3 N–H and O–H groups in total. The third-order valence-corrected chi connectivity index (χ3v) is 6.62. The van der Waals surface area contributed by atoms with E-state index in [9.17, 15) is 19.7 Å². The van der Waals surface area contributed by atoms with Crippen molar-refractivity contribution in [2.24, 2.45) is 7.05 Å². The molecule has 0 atom stereocenters. The molecule has 0 bridgehead atoms. The molecule has 10 nitrogen and oxygen atoms in total. The summed E-state index contributed by atoms with van der Waals surface area (Å²) >= 11 is 0. The molecule has 0 spiro atoms. The van der Waals surface area contributed by atoms with E-state index in [4.69, 9.17) is 0 Å². The second-order valence-corrected chi connectivity index (χ2v) is 9.60. The Balaban J connectivity index is 1.51. The first-order valence-electron chi connectivity index (χ1n) is 12.8. The number of non-ortho nitro benzene ring substituents is 1. The van der Waals surface area contributed by atoms with E-state index in [-0.39, 0.29) is 17.5 Å². The standard InChI is InChI=1S/C30H28N6O4/c1-19(37)31-15-3-4-20-5-7-22(8-6-20)29(28-25-16-24(36(39)40)13-14-26(25)34-30(28)38)33-23-11-9-21(10-12-23)27-17-35(2)18-32-27/h5-14,16-18,33H,3-4,15H2,1-2H3,(H,31,37)(H,34,38)/b29-28-. The maximum absolute atomic E-state index is 13.2. The van der Waals surface area contributed by atoms with Crippen molar-refractivity contribution in [3.05, 3.63) is 106 Å². The fourth-order valence-corrected chi connectivity index (χ4v) is 4.62. The van der Waals surface area contributed by atoms with Crippen molar-refractivity contribution >= 4 is 40.1 Å². The third kappa shape index (κ3) is 5.75. The average molecular weight is 537 g/mol. The van der Waals surface area contributed by atoms with E-state index < -0.39 is 4.92 Å². The lowest BCUT2D eigenvalue weighted by Gasteiger charge is -2.16. The highest BCUT2D eigenvalue weighted by molar-refractivity contribution is 6.37. The molecule has 0 aliphatic carbocycles. The van der Waals surface area contributed by atoms with Crippen molar-refractivity contribution in [2.45, 2.75) is 19.8 Å². The summed E-state index contributed by atoms with van der Waals surface area (Å²) in [5.41, 5.74) is 6.12. The van der Waals surface area contributed by atoms with E-state index in [1.165, 1.54) is 19.1 Å². The van der Waals surface area contributed by atoms with Crippen LogP contribution in [0.4, 0.5) is 17.1 Å². The van der Waals surface area contributed by atoms with Gasteiger partial charge in [-0.15, -0.1) is 0 Å². The van der Waals surface area contributed by atoms with Crippen LogP contribution in [0.1, 0.15) is 30.0 Å². The Kier molecular flexibility index (Phi) is 7.41. The lowest BCUT2D eigenvalue weighted by Crippen LogP contribution is -2.21. The van der Waals surface area contributed by atoms with Gasteiger partial charge in [0.05, 0.1) is 28.2 Å². The molecule has 1 aromatic heterocycles.